The van der Waals surface area contributed by atoms with Crippen molar-refractivity contribution < 1.29 is 9.53 Å². The standard InChI is InChI=1S/C22H29N3O2S/c1-2-3-4-5-6-7-8-9-12-15-27-22(26)25-20-14-11-10-13-18(20)24-21(25)19-16-28-17-23-19/h10-11,13-14,16-17H,2-9,12,15H2,1H3. The van der Waals surface area contributed by atoms with E-state index in [-0.39, 0.29) is 6.09 Å². The number of ether oxygens (including phenoxy) is 1. The lowest BCUT2D eigenvalue weighted by atomic mass is 10.1. The molecular formula is C22H29N3O2S. The summed E-state index contributed by atoms with van der Waals surface area (Å²) in [6, 6.07) is 7.60. The van der Waals surface area contributed by atoms with E-state index < -0.39 is 0 Å². The number of rotatable bonds is 11. The molecule has 0 radical (unpaired) electrons. The summed E-state index contributed by atoms with van der Waals surface area (Å²) < 4.78 is 7.09. The third kappa shape index (κ3) is 5.41. The number of carbonyl (C=O) groups is 1. The van der Waals surface area contributed by atoms with E-state index in [1.807, 2.05) is 29.6 Å². The largest absolute Gasteiger partial charge is 0.449 e. The highest BCUT2D eigenvalue weighted by Crippen LogP contribution is 2.25. The molecule has 28 heavy (non-hydrogen) atoms. The summed E-state index contributed by atoms with van der Waals surface area (Å²) in [5.41, 5.74) is 3.96. The molecule has 0 aliphatic rings. The summed E-state index contributed by atoms with van der Waals surface area (Å²) in [6.07, 6.45) is 10.8. The van der Waals surface area contributed by atoms with E-state index in [0.717, 1.165) is 23.9 Å². The Morgan fingerprint density at radius 2 is 1.75 bits per heavy atom. The fourth-order valence-electron chi connectivity index (χ4n) is 3.34. The SMILES string of the molecule is CCCCCCCCCCCOC(=O)n1c(-c2cscn2)nc2ccccc21. The normalized spacial score (nSPS) is 11.2. The number of para-hydroxylation sites is 2. The average molecular weight is 400 g/mol. The van der Waals surface area contributed by atoms with Gasteiger partial charge in [-0.3, -0.25) is 0 Å². The zero-order valence-electron chi connectivity index (χ0n) is 16.6. The lowest BCUT2D eigenvalue weighted by molar-refractivity contribution is 0.147. The first kappa shape index (κ1) is 20.5. The minimum atomic E-state index is -0.378. The molecule has 3 aromatic rings. The van der Waals surface area contributed by atoms with Gasteiger partial charge in [0.2, 0.25) is 0 Å². The molecule has 0 aliphatic carbocycles. The Labute approximate surface area is 170 Å². The Bertz CT molecular complexity index is 858. The molecule has 3 rings (SSSR count). The van der Waals surface area contributed by atoms with Gasteiger partial charge in [0, 0.05) is 5.38 Å². The molecule has 0 unspecified atom stereocenters. The monoisotopic (exact) mass is 399 g/mol. The molecule has 2 heterocycles. The molecule has 0 aliphatic heterocycles. The highest BCUT2D eigenvalue weighted by atomic mass is 32.1. The van der Waals surface area contributed by atoms with Crippen molar-refractivity contribution in [1.29, 1.82) is 0 Å². The van der Waals surface area contributed by atoms with Gasteiger partial charge < -0.3 is 4.74 Å². The van der Waals surface area contributed by atoms with Gasteiger partial charge in [0.05, 0.1) is 23.2 Å². The average Bonchev–Trinajstić information content (AvgIpc) is 3.36. The maximum Gasteiger partial charge on any atom is 0.420 e. The summed E-state index contributed by atoms with van der Waals surface area (Å²) in [6.45, 7) is 2.69. The third-order valence-corrected chi connectivity index (χ3v) is 5.46. The second kappa shape index (κ2) is 11.0. The molecule has 0 spiro atoms. The van der Waals surface area contributed by atoms with Crippen molar-refractivity contribution in [2.75, 3.05) is 6.61 Å². The number of thiazole rings is 1. The topological polar surface area (TPSA) is 57.0 Å². The van der Waals surface area contributed by atoms with Gasteiger partial charge in [-0.1, -0.05) is 70.4 Å². The molecule has 150 valence electrons. The summed E-state index contributed by atoms with van der Waals surface area (Å²) >= 11 is 1.48. The number of hydrogen-bond acceptors (Lipinski definition) is 5. The maximum atomic E-state index is 12.7. The van der Waals surface area contributed by atoms with Crippen LogP contribution in [0.15, 0.2) is 35.2 Å². The van der Waals surface area contributed by atoms with E-state index >= 15 is 0 Å². The van der Waals surface area contributed by atoms with Crippen LogP contribution >= 0.6 is 11.3 Å². The van der Waals surface area contributed by atoms with Gasteiger partial charge in [-0.25, -0.2) is 19.3 Å². The van der Waals surface area contributed by atoms with Crippen molar-refractivity contribution in [1.82, 2.24) is 14.5 Å². The van der Waals surface area contributed by atoms with Crippen molar-refractivity contribution in [3.63, 3.8) is 0 Å². The molecule has 0 amide bonds. The Kier molecular flexibility index (Phi) is 8.03. The zero-order chi connectivity index (χ0) is 19.6. The smallest absolute Gasteiger partial charge is 0.420 e. The first-order chi connectivity index (χ1) is 13.8. The third-order valence-electron chi connectivity index (χ3n) is 4.88. The fourth-order valence-corrected chi connectivity index (χ4v) is 3.87. The summed E-state index contributed by atoms with van der Waals surface area (Å²) in [7, 11) is 0. The summed E-state index contributed by atoms with van der Waals surface area (Å²) in [5.74, 6) is 0.541. The molecule has 0 saturated heterocycles. The van der Waals surface area contributed by atoms with Gasteiger partial charge in [0.25, 0.3) is 0 Å². The number of nitrogens with zero attached hydrogens (tertiary/aromatic N) is 3. The van der Waals surface area contributed by atoms with Gasteiger partial charge in [-0.15, -0.1) is 11.3 Å². The molecule has 0 saturated carbocycles. The van der Waals surface area contributed by atoms with Crippen molar-refractivity contribution >= 4 is 28.5 Å². The number of benzene rings is 1. The predicted molar refractivity (Wildman–Crippen MR) is 115 cm³/mol. The van der Waals surface area contributed by atoms with Crippen LogP contribution in [-0.2, 0) is 4.74 Å². The van der Waals surface area contributed by atoms with E-state index in [2.05, 4.69) is 16.9 Å². The van der Waals surface area contributed by atoms with E-state index in [1.54, 1.807) is 5.51 Å². The molecule has 0 N–H and O–H groups in total. The van der Waals surface area contributed by atoms with Gasteiger partial charge in [0.15, 0.2) is 5.82 Å². The Morgan fingerprint density at radius 3 is 2.46 bits per heavy atom. The quantitative estimate of drug-likeness (QED) is 0.338. The Morgan fingerprint density at radius 1 is 1.04 bits per heavy atom. The minimum Gasteiger partial charge on any atom is -0.449 e. The highest BCUT2D eigenvalue weighted by molar-refractivity contribution is 7.07. The second-order valence-corrected chi connectivity index (χ2v) is 7.79. The molecule has 0 atom stereocenters. The van der Waals surface area contributed by atoms with Crippen molar-refractivity contribution in [3.05, 3.63) is 35.2 Å². The molecular weight excluding hydrogens is 370 g/mol. The van der Waals surface area contributed by atoms with Crippen LogP contribution in [0.1, 0.15) is 64.7 Å². The minimum absolute atomic E-state index is 0.378. The van der Waals surface area contributed by atoms with Crippen molar-refractivity contribution in [3.8, 4) is 11.5 Å². The van der Waals surface area contributed by atoms with Gasteiger partial charge in [0.1, 0.15) is 5.69 Å². The Balaban J connectivity index is 1.50. The highest BCUT2D eigenvalue weighted by Gasteiger charge is 2.20. The molecule has 1 aromatic carbocycles. The number of hydrogen-bond donors (Lipinski definition) is 0. The van der Waals surface area contributed by atoms with Crippen LogP contribution in [0.4, 0.5) is 4.79 Å². The second-order valence-electron chi connectivity index (χ2n) is 7.08. The number of fused-ring (bicyclic) bond motifs is 1. The molecule has 5 nitrogen and oxygen atoms in total. The summed E-state index contributed by atoms with van der Waals surface area (Å²) in [5, 5.41) is 1.89. The maximum absolute atomic E-state index is 12.7. The van der Waals surface area contributed by atoms with Crippen molar-refractivity contribution in [2.24, 2.45) is 0 Å². The molecule has 0 bridgehead atoms. The van der Waals surface area contributed by atoms with Crippen LogP contribution in [0.25, 0.3) is 22.6 Å². The number of imidazole rings is 1. The fraction of sp³-hybridized carbons (Fsp3) is 0.500. The van der Waals surface area contributed by atoms with Crippen molar-refractivity contribution in [2.45, 2.75) is 64.7 Å². The van der Waals surface area contributed by atoms with E-state index in [9.17, 15) is 4.79 Å². The molecule has 2 aromatic heterocycles. The lowest BCUT2D eigenvalue weighted by Crippen LogP contribution is -2.15. The van der Waals surface area contributed by atoms with Crippen LogP contribution in [0.2, 0.25) is 0 Å². The molecule has 0 fully saturated rings. The first-order valence-electron chi connectivity index (χ1n) is 10.3. The van der Waals surface area contributed by atoms with Crippen LogP contribution < -0.4 is 0 Å². The van der Waals surface area contributed by atoms with E-state index in [1.165, 1.54) is 60.8 Å². The summed E-state index contributed by atoms with van der Waals surface area (Å²) in [4.78, 5) is 21.6. The Hall–Kier alpha value is -2.21. The predicted octanol–water partition coefficient (Wildman–Crippen LogP) is 6.68. The van der Waals surface area contributed by atoms with Gasteiger partial charge in [-0.2, -0.15) is 0 Å². The van der Waals surface area contributed by atoms with Gasteiger partial charge >= 0.3 is 6.09 Å². The van der Waals surface area contributed by atoms with Crippen LogP contribution in [0.3, 0.4) is 0 Å². The van der Waals surface area contributed by atoms with E-state index in [4.69, 9.17) is 4.74 Å². The number of carbonyl (C=O) groups excluding carboxylic acids is 1. The lowest BCUT2D eigenvalue weighted by Gasteiger charge is -2.08. The van der Waals surface area contributed by atoms with Crippen LogP contribution in [-0.4, -0.2) is 27.2 Å². The number of unbranched alkanes of at least 4 members (excludes halogenated alkanes) is 8. The van der Waals surface area contributed by atoms with E-state index in [0.29, 0.717) is 18.1 Å². The van der Waals surface area contributed by atoms with Crippen LogP contribution in [0.5, 0.6) is 0 Å². The zero-order valence-corrected chi connectivity index (χ0v) is 17.4. The van der Waals surface area contributed by atoms with Gasteiger partial charge in [-0.05, 0) is 18.6 Å². The first-order valence-corrected chi connectivity index (χ1v) is 11.3. The number of aromatic nitrogens is 3. The molecule has 6 heteroatoms. The van der Waals surface area contributed by atoms with Crippen LogP contribution in [0, 0.1) is 0 Å².